The van der Waals surface area contributed by atoms with Gasteiger partial charge in [0.25, 0.3) is 0 Å². The minimum absolute atomic E-state index is 0.720. The van der Waals surface area contributed by atoms with Crippen molar-refractivity contribution in [1.29, 1.82) is 0 Å². The van der Waals surface area contributed by atoms with Crippen LogP contribution in [0.2, 0.25) is 0 Å². The molecule has 3 saturated heterocycles. The van der Waals surface area contributed by atoms with Gasteiger partial charge in [-0.15, -0.1) is 0 Å². The number of nitrogens with zero attached hydrogens (tertiary/aromatic N) is 3. The molecular formula is C21H47N3. The summed E-state index contributed by atoms with van der Waals surface area (Å²) in [4.78, 5) is 7.71. The smallest absolute Gasteiger partial charge is 0.00484 e. The van der Waals surface area contributed by atoms with E-state index in [4.69, 9.17) is 0 Å². The molecule has 0 saturated carbocycles. The standard InChI is InChI=1S/C15H29N3.3C2H6/c1-16-7-3-14(4-8-16)11-18-9-5-15(6-10-18)12-17(2)13-15;3*1-2/h14H,3-13H2,1-2H3;3*1-2H3. The summed E-state index contributed by atoms with van der Waals surface area (Å²) in [5.74, 6) is 0.972. The summed E-state index contributed by atoms with van der Waals surface area (Å²) in [5.41, 5.74) is 0.720. The lowest BCUT2D eigenvalue weighted by Gasteiger charge is -2.53. The van der Waals surface area contributed by atoms with E-state index in [0.717, 1.165) is 11.3 Å². The lowest BCUT2D eigenvalue weighted by Crippen LogP contribution is -2.59. The second-order valence-electron chi connectivity index (χ2n) is 7.22. The Bertz CT molecular complexity index is 269. The Morgan fingerprint density at radius 1 is 0.708 bits per heavy atom. The van der Waals surface area contributed by atoms with Crippen LogP contribution in [0.5, 0.6) is 0 Å². The molecule has 0 aliphatic carbocycles. The molecule has 0 aromatic rings. The third-order valence-corrected chi connectivity index (χ3v) is 5.48. The Kier molecular flexibility index (Phi) is 13.1. The van der Waals surface area contributed by atoms with Crippen molar-refractivity contribution < 1.29 is 0 Å². The summed E-state index contributed by atoms with van der Waals surface area (Å²) in [5, 5.41) is 0. The molecule has 0 bridgehead atoms. The zero-order chi connectivity index (χ0) is 18.6. The fourth-order valence-corrected chi connectivity index (χ4v) is 4.23. The van der Waals surface area contributed by atoms with Crippen LogP contribution < -0.4 is 0 Å². The third kappa shape index (κ3) is 7.41. The first kappa shape index (κ1) is 23.9. The van der Waals surface area contributed by atoms with E-state index in [1.165, 1.54) is 71.5 Å². The van der Waals surface area contributed by atoms with Crippen molar-refractivity contribution in [2.75, 3.05) is 59.9 Å². The van der Waals surface area contributed by atoms with Gasteiger partial charge in [0.2, 0.25) is 0 Å². The van der Waals surface area contributed by atoms with Crippen LogP contribution in [0, 0.1) is 11.3 Å². The largest absolute Gasteiger partial charge is 0.306 e. The van der Waals surface area contributed by atoms with E-state index in [9.17, 15) is 0 Å². The first-order chi connectivity index (χ1) is 11.7. The molecule has 0 aromatic carbocycles. The van der Waals surface area contributed by atoms with Gasteiger partial charge in [-0.3, -0.25) is 0 Å². The molecule has 3 heterocycles. The van der Waals surface area contributed by atoms with Crippen molar-refractivity contribution >= 4 is 0 Å². The number of hydrogen-bond acceptors (Lipinski definition) is 3. The van der Waals surface area contributed by atoms with E-state index in [-0.39, 0.29) is 0 Å². The molecule has 24 heavy (non-hydrogen) atoms. The van der Waals surface area contributed by atoms with E-state index in [2.05, 4.69) is 28.8 Å². The van der Waals surface area contributed by atoms with Gasteiger partial charge in [0, 0.05) is 19.6 Å². The summed E-state index contributed by atoms with van der Waals surface area (Å²) < 4.78 is 0. The van der Waals surface area contributed by atoms with Gasteiger partial charge < -0.3 is 14.7 Å². The van der Waals surface area contributed by atoms with Gasteiger partial charge in [0.1, 0.15) is 0 Å². The molecule has 0 atom stereocenters. The highest BCUT2D eigenvalue weighted by atomic mass is 15.2. The van der Waals surface area contributed by atoms with Gasteiger partial charge >= 0.3 is 0 Å². The molecular weight excluding hydrogens is 294 g/mol. The molecule has 0 amide bonds. The predicted molar refractivity (Wildman–Crippen MR) is 110 cm³/mol. The minimum atomic E-state index is 0.720. The molecule has 0 radical (unpaired) electrons. The fraction of sp³-hybridized carbons (Fsp3) is 1.00. The van der Waals surface area contributed by atoms with Gasteiger partial charge in [-0.05, 0) is 77.3 Å². The molecule has 3 rings (SSSR count). The van der Waals surface area contributed by atoms with Gasteiger partial charge in [-0.1, -0.05) is 41.5 Å². The highest BCUT2D eigenvalue weighted by molar-refractivity contribution is 4.97. The molecule has 3 fully saturated rings. The van der Waals surface area contributed by atoms with Crippen LogP contribution in [0.25, 0.3) is 0 Å². The van der Waals surface area contributed by atoms with Crippen LogP contribution >= 0.6 is 0 Å². The molecule has 0 aromatic heterocycles. The van der Waals surface area contributed by atoms with Gasteiger partial charge in [-0.25, -0.2) is 0 Å². The summed E-state index contributed by atoms with van der Waals surface area (Å²) >= 11 is 0. The van der Waals surface area contributed by atoms with Crippen LogP contribution in [0.3, 0.4) is 0 Å². The maximum absolute atomic E-state index is 2.75. The molecule has 146 valence electrons. The highest BCUT2D eigenvalue weighted by Gasteiger charge is 2.43. The lowest BCUT2D eigenvalue weighted by atomic mass is 9.72. The van der Waals surface area contributed by atoms with Crippen molar-refractivity contribution in [1.82, 2.24) is 14.7 Å². The van der Waals surface area contributed by atoms with Crippen LogP contribution in [0.1, 0.15) is 67.2 Å². The van der Waals surface area contributed by atoms with Crippen LogP contribution in [0.15, 0.2) is 0 Å². The Morgan fingerprint density at radius 2 is 1.17 bits per heavy atom. The zero-order valence-corrected chi connectivity index (χ0v) is 18.2. The number of rotatable bonds is 2. The molecule has 3 aliphatic heterocycles. The monoisotopic (exact) mass is 341 g/mol. The molecule has 1 spiro atoms. The molecule has 0 N–H and O–H groups in total. The minimum Gasteiger partial charge on any atom is -0.306 e. The maximum Gasteiger partial charge on any atom is 0.00484 e. The molecule has 0 unspecified atom stereocenters. The van der Waals surface area contributed by atoms with Crippen molar-refractivity contribution in [3.8, 4) is 0 Å². The molecule has 3 aliphatic rings. The summed E-state index contributed by atoms with van der Waals surface area (Å²) in [7, 11) is 4.52. The van der Waals surface area contributed by atoms with Gasteiger partial charge in [-0.2, -0.15) is 0 Å². The third-order valence-electron chi connectivity index (χ3n) is 5.48. The molecule has 3 nitrogen and oxygen atoms in total. The quantitative estimate of drug-likeness (QED) is 0.735. The van der Waals surface area contributed by atoms with E-state index in [0.29, 0.717) is 0 Å². The second-order valence-corrected chi connectivity index (χ2v) is 7.22. The zero-order valence-electron chi connectivity index (χ0n) is 18.2. The average molecular weight is 342 g/mol. The fourth-order valence-electron chi connectivity index (χ4n) is 4.23. The SMILES string of the molecule is CC.CC.CC.CN1CCC(CN2CCC3(CC2)CN(C)C3)CC1. The predicted octanol–water partition coefficient (Wildman–Crippen LogP) is 4.43. The molecule has 3 heteroatoms. The Balaban J connectivity index is 0.000000798. The number of likely N-dealkylation sites (tertiary alicyclic amines) is 3. The van der Waals surface area contributed by atoms with Crippen molar-refractivity contribution in [2.24, 2.45) is 11.3 Å². The topological polar surface area (TPSA) is 9.72 Å². The summed E-state index contributed by atoms with van der Waals surface area (Å²) in [6.07, 6.45) is 5.73. The Labute approximate surface area is 153 Å². The van der Waals surface area contributed by atoms with E-state index in [1.54, 1.807) is 0 Å². The first-order valence-corrected chi connectivity index (χ1v) is 10.7. The van der Waals surface area contributed by atoms with Crippen LogP contribution in [-0.2, 0) is 0 Å². The number of piperidine rings is 2. The number of hydrogen-bond donors (Lipinski definition) is 0. The summed E-state index contributed by atoms with van der Waals surface area (Å²) in [6.45, 7) is 21.4. The van der Waals surface area contributed by atoms with Crippen molar-refractivity contribution in [2.45, 2.75) is 67.2 Å². The second kappa shape index (κ2) is 13.1. The maximum atomic E-state index is 2.75. The van der Waals surface area contributed by atoms with Crippen LogP contribution in [-0.4, -0.2) is 74.6 Å². The normalized spacial score (nSPS) is 24.5. The van der Waals surface area contributed by atoms with Gasteiger partial charge in [0.05, 0.1) is 0 Å². The van der Waals surface area contributed by atoms with Gasteiger partial charge in [0.15, 0.2) is 0 Å². The Hall–Kier alpha value is -0.120. The first-order valence-electron chi connectivity index (χ1n) is 10.7. The van der Waals surface area contributed by atoms with E-state index in [1.807, 2.05) is 41.5 Å². The van der Waals surface area contributed by atoms with Crippen molar-refractivity contribution in [3.63, 3.8) is 0 Å². The van der Waals surface area contributed by atoms with Crippen molar-refractivity contribution in [3.05, 3.63) is 0 Å². The summed E-state index contributed by atoms with van der Waals surface area (Å²) in [6, 6.07) is 0. The lowest BCUT2D eigenvalue weighted by molar-refractivity contribution is -0.0352. The Morgan fingerprint density at radius 3 is 1.58 bits per heavy atom. The van der Waals surface area contributed by atoms with Crippen LogP contribution in [0.4, 0.5) is 0 Å². The van der Waals surface area contributed by atoms with E-state index < -0.39 is 0 Å². The average Bonchev–Trinajstić information content (AvgIpc) is 2.63. The van der Waals surface area contributed by atoms with E-state index >= 15 is 0 Å². The highest BCUT2D eigenvalue weighted by Crippen LogP contribution is 2.39.